The van der Waals surface area contributed by atoms with Gasteiger partial charge in [-0.3, -0.25) is 14.9 Å². The van der Waals surface area contributed by atoms with Gasteiger partial charge in [0.15, 0.2) is 0 Å². The molecule has 0 aliphatic carbocycles. The number of carbonyl (C=O) groups is 1. The van der Waals surface area contributed by atoms with Crippen LogP contribution in [0.15, 0.2) is 24.3 Å². The zero-order valence-electron chi connectivity index (χ0n) is 11.5. The number of hydrogen-bond acceptors (Lipinski definition) is 4. The average molecular weight is 277 g/mol. The molecule has 0 aromatic heterocycles. The van der Waals surface area contributed by atoms with Crippen LogP contribution in [0.5, 0.6) is 0 Å². The predicted molar refractivity (Wildman–Crippen MR) is 76.8 cm³/mol. The van der Waals surface area contributed by atoms with Crippen LogP contribution in [0.1, 0.15) is 26.2 Å². The van der Waals surface area contributed by atoms with Crippen LogP contribution >= 0.6 is 0 Å². The number of nitrogens with zero attached hydrogens (tertiary/aromatic N) is 2. The Labute approximate surface area is 117 Å². The molecule has 0 radical (unpaired) electrons. The van der Waals surface area contributed by atoms with Crippen LogP contribution in [0.4, 0.5) is 11.4 Å². The molecule has 1 N–H and O–H groups in total. The van der Waals surface area contributed by atoms with Crippen molar-refractivity contribution in [3.63, 3.8) is 0 Å². The molecule has 1 aliphatic rings. The summed E-state index contributed by atoms with van der Waals surface area (Å²) in [6.07, 6.45) is 2.12. The number of nitro groups is 1. The molecule has 6 nitrogen and oxygen atoms in total. The lowest BCUT2D eigenvalue weighted by molar-refractivity contribution is -0.384. The fraction of sp³-hybridized carbons (Fsp3) is 0.500. The van der Waals surface area contributed by atoms with Gasteiger partial charge in [-0.1, -0.05) is 19.1 Å². The summed E-state index contributed by atoms with van der Waals surface area (Å²) in [5.74, 6) is 0.0640. The third kappa shape index (κ3) is 3.26. The highest BCUT2D eigenvalue weighted by Crippen LogP contribution is 2.29. The molecule has 1 fully saturated rings. The van der Waals surface area contributed by atoms with E-state index in [0.29, 0.717) is 12.1 Å². The standard InChI is InChI=1S/C14H19N3O3/c1-2-14(18)15-11-7-9-16(10-8-11)12-5-3-4-6-13(12)17(19)20/h3-6,11H,2,7-10H2,1H3,(H,15,18). The zero-order chi connectivity index (χ0) is 14.5. The van der Waals surface area contributed by atoms with Crippen molar-refractivity contribution in [2.24, 2.45) is 0 Å². The summed E-state index contributed by atoms with van der Waals surface area (Å²) in [7, 11) is 0. The molecule has 0 saturated carbocycles. The quantitative estimate of drug-likeness (QED) is 0.675. The Balaban J connectivity index is 2.01. The highest BCUT2D eigenvalue weighted by atomic mass is 16.6. The van der Waals surface area contributed by atoms with E-state index in [-0.39, 0.29) is 22.6 Å². The van der Waals surface area contributed by atoms with E-state index >= 15 is 0 Å². The Morgan fingerprint density at radius 3 is 2.65 bits per heavy atom. The van der Waals surface area contributed by atoms with E-state index in [0.717, 1.165) is 25.9 Å². The van der Waals surface area contributed by atoms with Gasteiger partial charge < -0.3 is 10.2 Å². The minimum Gasteiger partial charge on any atom is -0.366 e. The van der Waals surface area contributed by atoms with Crippen LogP contribution in [0.3, 0.4) is 0 Å². The SMILES string of the molecule is CCC(=O)NC1CCN(c2ccccc2[N+](=O)[O-])CC1. The van der Waals surface area contributed by atoms with Crippen molar-refractivity contribution >= 4 is 17.3 Å². The molecular weight excluding hydrogens is 258 g/mol. The van der Waals surface area contributed by atoms with E-state index in [2.05, 4.69) is 5.32 Å². The Bertz CT molecular complexity index is 496. The lowest BCUT2D eigenvalue weighted by Crippen LogP contribution is -2.44. The van der Waals surface area contributed by atoms with Crippen LogP contribution in [-0.2, 0) is 4.79 Å². The molecule has 2 rings (SSSR count). The smallest absolute Gasteiger partial charge is 0.292 e. The molecule has 0 atom stereocenters. The molecule has 1 aromatic carbocycles. The Hall–Kier alpha value is -2.11. The lowest BCUT2D eigenvalue weighted by Gasteiger charge is -2.33. The molecule has 0 bridgehead atoms. The van der Waals surface area contributed by atoms with Crippen molar-refractivity contribution in [3.8, 4) is 0 Å². The summed E-state index contributed by atoms with van der Waals surface area (Å²) in [4.78, 5) is 24.1. The lowest BCUT2D eigenvalue weighted by atomic mass is 10.0. The topological polar surface area (TPSA) is 75.5 Å². The van der Waals surface area contributed by atoms with Crippen molar-refractivity contribution in [2.45, 2.75) is 32.2 Å². The number of para-hydroxylation sites is 2. The van der Waals surface area contributed by atoms with Gasteiger partial charge in [0.1, 0.15) is 5.69 Å². The largest absolute Gasteiger partial charge is 0.366 e. The maximum absolute atomic E-state index is 11.4. The highest BCUT2D eigenvalue weighted by Gasteiger charge is 2.24. The maximum Gasteiger partial charge on any atom is 0.292 e. The van der Waals surface area contributed by atoms with E-state index in [4.69, 9.17) is 0 Å². The molecule has 108 valence electrons. The second-order valence-corrected chi connectivity index (χ2v) is 4.93. The van der Waals surface area contributed by atoms with Crippen LogP contribution in [0, 0.1) is 10.1 Å². The molecule has 1 saturated heterocycles. The van der Waals surface area contributed by atoms with Crippen molar-refractivity contribution in [3.05, 3.63) is 34.4 Å². The van der Waals surface area contributed by atoms with E-state index in [1.165, 1.54) is 6.07 Å². The Kier molecular flexibility index (Phi) is 4.55. The summed E-state index contributed by atoms with van der Waals surface area (Å²) in [5, 5.41) is 14.0. The number of hydrogen-bond donors (Lipinski definition) is 1. The van der Waals surface area contributed by atoms with Crippen LogP contribution in [0.2, 0.25) is 0 Å². The molecule has 1 amide bonds. The van der Waals surface area contributed by atoms with Crippen LogP contribution in [0.25, 0.3) is 0 Å². The molecular formula is C14H19N3O3. The van der Waals surface area contributed by atoms with Crippen molar-refractivity contribution in [2.75, 3.05) is 18.0 Å². The van der Waals surface area contributed by atoms with E-state index in [1.807, 2.05) is 17.9 Å². The Morgan fingerprint density at radius 2 is 2.05 bits per heavy atom. The minimum absolute atomic E-state index is 0.0640. The summed E-state index contributed by atoms with van der Waals surface area (Å²) in [6, 6.07) is 6.98. The molecule has 0 spiro atoms. The second kappa shape index (κ2) is 6.36. The molecule has 1 aromatic rings. The number of piperidine rings is 1. The van der Waals surface area contributed by atoms with Gasteiger partial charge in [0, 0.05) is 31.6 Å². The second-order valence-electron chi connectivity index (χ2n) is 4.93. The number of amides is 1. The summed E-state index contributed by atoms with van der Waals surface area (Å²) in [5.41, 5.74) is 0.807. The third-order valence-corrected chi connectivity index (χ3v) is 3.60. The van der Waals surface area contributed by atoms with Crippen LogP contribution in [-0.4, -0.2) is 30.0 Å². The van der Waals surface area contributed by atoms with Gasteiger partial charge in [-0.15, -0.1) is 0 Å². The molecule has 20 heavy (non-hydrogen) atoms. The van der Waals surface area contributed by atoms with Gasteiger partial charge in [-0.25, -0.2) is 0 Å². The first-order valence-electron chi connectivity index (χ1n) is 6.89. The predicted octanol–water partition coefficient (Wildman–Crippen LogP) is 2.09. The van der Waals surface area contributed by atoms with Crippen molar-refractivity contribution in [1.29, 1.82) is 0 Å². The number of carbonyl (C=O) groups excluding carboxylic acids is 1. The van der Waals surface area contributed by atoms with E-state index in [9.17, 15) is 14.9 Å². The number of anilines is 1. The Morgan fingerprint density at radius 1 is 1.40 bits per heavy atom. The van der Waals surface area contributed by atoms with Gasteiger partial charge in [0.05, 0.1) is 4.92 Å². The van der Waals surface area contributed by atoms with Gasteiger partial charge in [0.25, 0.3) is 5.69 Å². The van der Waals surface area contributed by atoms with Crippen molar-refractivity contribution < 1.29 is 9.72 Å². The third-order valence-electron chi connectivity index (χ3n) is 3.60. The number of benzene rings is 1. The molecule has 1 heterocycles. The number of nitro benzene ring substituents is 1. The summed E-state index contributed by atoms with van der Waals surface area (Å²) < 4.78 is 0. The number of nitrogens with one attached hydrogen (secondary N) is 1. The first kappa shape index (κ1) is 14.3. The fourth-order valence-corrected chi connectivity index (χ4v) is 2.48. The first-order valence-corrected chi connectivity index (χ1v) is 6.89. The number of rotatable bonds is 4. The van der Waals surface area contributed by atoms with Crippen LogP contribution < -0.4 is 10.2 Å². The summed E-state index contributed by atoms with van der Waals surface area (Å²) in [6.45, 7) is 3.27. The highest BCUT2D eigenvalue weighted by molar-refractivity contribution is 5.75. The van der Waals surface area contributed by atoms with E-state index < -0.39 is 0 Å². The first-order chi connectivity index (χ1) is 9.61. The maximum atomic E-state index is 11.4. The van der Waals surface area contributed by atoms with Crippen molar-refractivity contribution in [1.82, 2.24) is 5.32 Å². The normalized spacial score (nSPS) is 15.9. The minimum atomic E-state index is -0.347. The van der Waals surface area contributed by atoms with Gasteiger partial charge in [0.2, 0.25) is 5.91 Å². The summed E-state index contributed by atoms with van der Waals surface area (Å²) >= 11 is 0. The molecule has 1 aliphatic heterocycles. The van der Waals surface area contributed by atoms with Gasteiger partial charge >= 0.3 is 0 Å². The molecule has 0 unspecified atom stereocenters. The average Bonchev–Trinajstić information content (AvgIpc) is 2.48. The van der Waals surface area contributed by atoms with Gasteiger partial charge in [-0.05, 0) is 18.9 Å². The van der Waals surface area contributed by atoms with E-state index in [1.54, 1.807) is 12.1 Å². The molecule has 6 heteroatoms. The monoisotopic (exact) mass is 277 g/mol. The zero-order valence-corrected chi connectivity index (χ0v) is 11.5. The van der Waals surface area contributed by atoms with Gasteiger partial charge in [-0.2, -0.15) is 0 Å². The fourth-order valence-electron chi connectivity index (χ4n) is 2.48.